The smallest absolute Gasteiger partial charge is 0.211 e. The molecule has 0 aliphatic carbocycles. The van der Waals surface area contributed by atoms with Gasteiger partial charge in [-0.2, -0.15) is 0 Å². The van der Waals surface area contributed by atoms with Gasteiger partial charge in [-0.25, -0.2) is 4.68 Å². The number of carbonyl (C=O) groups is 1. The SMILES string of the molecule is Cn1nnc2cc(NC=O)ccc21. The van der Waals surface area contributed by atoms with E-state index in [0.29, 0.717) is 6.41 Å². The second-order valence-electron chi connectivity index (χ2n) is 2.68. The van der Waals surface area contributed by atoms with Crippen LogP contribution >= 0.6 is 0 Å². The summed E-state index contributed by atoms with van der Waals surface area (Å²) in [5, 5.41) is 10.3. The quantitative estimate of drug-likeness (QED) is 0.679. The van der Waals surface area contributed by atoms with E-state index in [1.807, 2.05) is 13.1 Å². The first kappa shape index (κ1) is 7.72. The number of rotatable bonds is 2. The average Bonchev–Trinajstić information content (AvgIpc) is 2.48. The molecule has 1 aromatic carbocycles. The molecule has 1 aromatic heterocycles. The molecule has 1 heterocycles. The summed E-state index contributed by atoms with van der Waals surface area (Å²) in [6.07, 6.45) is 0.636. The minimum Gasteiger partial charge on any atom is -0.329 e. The van der Waals surface area contributed by atoms with Crippen LogP contribution in [0.25, 0.3) is 11.0 Å². The molecule has 0 saturated heterocycles. The van der Waals surface area contributed by atoms with Crippen LogP contribution in [-0.2, 0) is 11.8 Å². The van der Waals surface area contributed by atoms with Gasteiger partial charge < -0.3 is 5.32 Å². The van der Waals surface area contributed by atoms with E-state index in [1.54, 1.807) is 16.8 Å². The van der Waals surface area contributed by atoms with Crippen LogP contribution in [0.5, 0.6) is 0 Å². The van der Waals surface area contributed by atoms with Crippen molar-refractivity contribution in [3.8, 4) is 0 Å². The lowest BCUT2D eigenvalue weighted by Crippen LogP contribution is -1.93. The van der Waals surface area contributed by atoms with Crippen molar-refractivity contribution >= 4 is 23.1 Å². The van der Waals surface area contributed by atoms with E-state index in [0.717, 1.165) is 16.7 Å². The second kappa shape index (κ2) is 2.85. The lowest BCUT2D eigenvalue weighted by Gasteiger charge is -1.96. The zero-order chi connectivity index (χ0) is 9.26. The molecule has 2 aromatic rings. The van der Waals surface area contributed by atoms with Crippen LogP contribution in [0.2, 0.25) is 0 Å². The van der Waals surface area contributed by atoms with Crippen LogP contribution in [0, 0.1) is 0 Å². The van der Waals surface area contributed by atoms with Gasteiger partial charge >= 0.3 is 0 Å². The van der Waals surface area contributed by atoms with Crippen LogP contribution in [0.15, 0.2) is 18.2 Å². The van der Waals surface area contributed by atoms with E-state index in [2.05, 4.69) is 15.6 Å². The standard InChI is InChI=1S/C8H8N4O/c1-12-8-3-2-6(9-5-13)4-7(8)10-11-12/h2-5H,1H3,(H,9,13). The summed E-state index contributed by atoms with van der Waals surface area (Å²) >= 11 is 0. The summed E-state index contributed by atoms with van der Waals surface area (Å²) in [5.74, 6) is 0. The van der Waals surface area contributed by atoms with Gasteiger partial charge in [0.2, 0.25) is 6.41 Å². The molecule has 2 rings (SSSR count). The average molecular weight is 176 g/mol. The third kappa shape index (κ3) is 1.24. The largest absolute Gasteiger partial charge is 0.329 e. The van der Waals surface area contributed by atoms with E-state index < -0.39 is 0 Å². The lowest BCUT2D eigenvalue weighted by molar-refractivity contribution is -0.105. The molecule has 0 atom stereocenters. The maximum Gasteiger partial charge on any atom is 0.211 e. The van der Waals surface area contributed by atoms with E-state index in [1.165, 1.54) is 0 Å². The Morgan fingerprint density at radius 3 is 3.15 bits per heavy atom. The molecule has 5 nitrogen and oxygen atoms in total. The van der Waals surface area contributed by atoms with Crippen molar-refractivity contribution in [1.82, 2.24) is 15.0 Å². The fourth-order valence-corrected chi connectivity index (χ4v) is 1.20. The Hall–Kier alpha value is -1.91. The van der Waals surface area contributed by atoms with Crippen molar-refractivity contribution in [1.29, 1.82) is 0 Å². The molecule has 1 amide bonds. The Bertz CT molecular complexity index is 448. The van der Waals surface area contributed by atoms with Gasteiger partial charge in [-0.15, -0.1) is 5.10 Å². The molecule has 0 saturated carbocycles. The summed E-state index contributed by atoms with van der Waals surface area (Å²) in [6, 6.07) is 5.44. The van der Waals surface area contributed by atoms with E-state index in [-0.39, 0.29) is 0 Å². The third-order valence-electron chi connectivity index (χ3n) is 1.84. The maximum absolute atomic E-state index is 10.2. The van der Waals surface area contributed by atoms with Crippen molar-refractivity contribution in [2.45, 2.75) is 0 Å². The molecule has 0 aliphatic rings. The molecule has 0 radical (unpaired) electrons. The Kier molecular flexibility index (Phi) is 1.70. The van der Waals surface area contributed by atoms with Crippen LogP contribution in [0.4, 0.5) is 5.69 Å². The van der Waals surface area contributed by atoms with Gasteiger partial charge in [0.05, 0.1) is 5.52 Å². The number of carbonyl (C=O) groups excluding carboxylic acids is 1. The van der Waals surface area contributed by atoms with E-state index in [9.17, 15) is 4.79 Å². The van der Waals surface area contributed by atoms with Gasteiger partial charge in [-0.3, -0.25) is 4.79 Å². The number of amides is 1. The number of anilines is 1. The Labute approximate surface area is 74.3 Å². The van der Waals surface area contributed by atoms with Gasteiger partial charge in [-0.05, 0) is 18.2 Å². The molecular weight excluding hydrogens is 168 g/mol. The van der Waals surface area contributed by atoms with Gasteiger partial charge in [-0.1, -0.05) is 5.21 Å². The highest BCUT2D eigenvalue weighted by Gasteiger charge is 2.00. The number of nitrogens with one attached hydrogen (secondary N) is 1. The number of hydrogen-bond acceptors (Lipinski definition) is 3. The number of aryl methyl sites for hydroxylation is 1. The molecule has 0 fully saturated rings. The number of aromatic nitrogens is 3. The highest BCUT2D eigenvalue weighted by atomic mass is 16.1. The van der Waals surface area contributed by atoms with Crippen LogP contribution in [-0.4, -0.2) is 21.4 Å². The first-order chi connectivity index (χ1) is 6.31. The predicted molar refractivity (Wildman–Crippen MR) is 48.2 cm³/mol. The zero-order valence-electron chi connectivity index (χ0n) is 7.06. The predicted octanol–water partition coefficient (Wildman–Crippen LogP) is 0.537. The lowest BCUT2D eigenvalue weighted by atomic mass is 10.3. The molecule has 5 heteroatoms. The first-order valence-electron chi connectivity index (χ1n) is 3.81. The maximum atomic E-state index is 10.2. The topological polar surface area (TPSA) is 59.8 Å². The van der Waals surface area contributed by atoms with Crippen molar-refractivity contribution in [3.05, 3.63) is 18.2 Å². The van der Waals surface area contributed by atoms with Crippen molar-refractivity contribution in [3.63, 3.8) is 0 Å². The molecule has 0 spiro atoms. The summed E-state index contributed by atoms with van der Waals surface area (Å²) in [4.78, 5) is 10.2. The van der Waals surface area contributed by atoms with Crippen molar-refractivity contribution in [2.75, 3.05) is 5.32 Å². The van der Waals surface area contributed by atoms with Crippen LogP contribution < -0.4 is 5.32 Å². The van der Waals surface area contributed by atoms with Gasteiger partial charge in [0, 0.05) is 12.7 Å². The zero-order valence-corrected chi connectivity index (χ0v) is 7.06. The van der Waals surface area contributed by atoms with Crippen LogP contribution in [0.3, 0.4) is 0 Å². The minimum absolute atomic E-state index is 0.636. The fourth-order valence-electron chi connectivity index (χ4n) is 1.20. The monoisotopic (exact) mass is 176 g/mol. The minimum atomic E-state index is 0.636. The molecule has 0 unspecified atom stereocenters. The van der Waals surface area contributed by atoms with E-state index in [4.69, 9.17) is 0 Å². The summed E-state index contributed by atoms with van der Waals surface area (Å²) < 4.78 is 1.68. The van der Waals surface area contributed by atoms with Gasteiger partial charge in [0.1, 0.15) is 5.52 Å². The third-order valence-corrected chi connectivity index (χ3v) is 1.84. The van der Waals surface area contributed by atoms with Crippen LogP contribution in [0.1, 0.15) is 0 Å². The molecule has 0 bridgehead atoms. The van der Waals surface area contributed by atoms with Crippen molar-refractivity contribution in [2.24, 2.45) is 7.05 Å². The van der Waals surface area contributed by atoms with Crippen molar-refractivity contribution < 1.29 is 4.79 Å². The normalized spacial score (nSPS) is 10.2. The van der Waals surface area contributed by atoms with Gasteiger partial charge in [0.15, 0.2) is 0 Å². The molecule has 13 heavy (non-hydrogen) atoms. The number of benzene rings is 1. The molecule has 1 N–H and O–H groups in total. The highest BCUT2D eigenvalue weighted by molar-refractivity contribution is 5.82. The number of nitrogens with zero attached hydrogens (tertiary/aromatic N) is 3. The molecule has 0 aliphatic heterocycles. The number of fused-ring (bicyclic) bond motifs is 1. The number of hydrogen-bond donors (Lipinski definition) is 1. The summed E-state index contributed by atoms with van der Waals surface area (Å²) in [7, 11) is 1.82. The van der Waals surface area contributed by atoms with Gasteiger partial charge in [0.25, 0.3) is 0 Å². The summed E-state index contributed by atoms with van der Waals surface area (Å²) in [5.41, 5.74) is 2.44. The summed E-state index contributed by atoms with van der Waals surface area (Å²) in [6.45, 7) is 0. The second-order valence-corrected chi connectivity index (χ2v) is 2.68. The Morgan fingerprint density at radius 1 is 1.54 bits per heavy atom. The van der Waals surface area contributed by atoms with E-state index >= 15 is 0 Å². The molecule has 66 valence electrons. The molecular formula is C8H8N4O. The Morgan fingerprint density at radius 2 is 2.38 bits per heavy atom. The first-order valence-corrected chi connectivity index (χ1v) is 3.81. The Balaban J connectivity index is 2.56. The highest BCUT2D eigenvalue weighted by Crippen LogP contribution is 2.15. The fraction of sp³-hybridized carbons (Fsp3) is 0.125.